The number of methoxy groups -OCH3 is 1. The van der Waals surface area contributed by atoms with Crippen LogP contribution in [0.15, 0.2) is 67.0 Å². The second-order valence-electron chi connectivity index (χ2n) is 7.61. The zero-order valence-electron chi connectivity index (χ0n) is 17.5. The number of carbonyl (C=O) groups is 1. The van der Waals surface area contributed by atoms with Crippen LogP contribution in [0, 0.1) is 0 Å². The summed E-state index contributed by atoms with van der Waals surface area (Å²) in [5.41, 5.74) is 4.10. The lowest BCUT2D eigenvalue weighted by molar-refractivity contribution is 0.0697. The van der Waals surface area contributed by atoms with Crippen LogP contribution in [0.4, 0.5) is 0 Å². The average molecular weight is 415 g/mol. The van der Waals surface area contributed by atoms with Crippen LogP contribution < -0.4 is 9.47 Å². The monoisotopic (exact) mass is 415 g/mol. The van der Waals surface area contributed by atoms with E-state index in [9.17, 15) is 9.90 Å². The van der Waals surface area contributed by atoms with E-state index in [4.69, 9.17) is 9.47 Å². The molecule has 0 bridgehead atoms. The molecule has 1 aliphatic rings. The van der Waals surface area contributed by atoms with E-state index in [0.717, 1.165) is 40.9 Å². The number of benzene rings is 2. The van der Waals surface area contributed by atoms with Gasteiger partial charge in [0, 0.05) is 12.4 Å². The maximum absolute atomic E-state index is 11.3. The highest BCUT2D eigenvalue weighted by Gasteiger charge is 2.19. The van der Waals surface area contributed by atoms with Crippen molar-refractivity contribution >= 4 is 17.6 Å². The van der Waals surface area contributed by atoms with Crippen molar-refractivity contribution in [2.24, 2.45) is 0 Å². The van der Waals surface area contributed by atoms with Crippen LogP contribution in [0.2, 0.25) is 0 Å². The highest BCUT2D eigenvalue weighted by atomic mass is 16.5. The Morgan fingerprint density at radius 2 is 1.58 bits per heavy atom. The Hall–Kier alpha value is -3.60. The van der Waals surface area contributed by atoms with Gasteiger partial charge in [-0.1, -0.05) is 18.2 Å². The van der Waals surface area contributed by atoms with Gasteiger partial charge in [-0.05, 0) is 90.4 Å². The van der Waals surface area contributed by atoms with Crippen LogP contribution in [-0.4, -0.2) is 29.3 Å². The molecule has 5 heteroatoms. The first-order valence-electron chi connectivity index (χ1n) is 10.4. The van der Waals surface area contributed by atoms with Crippen LogP contribution >= 0.6 is 0 Å². The molecule has 0 aliphatic heterocycles. The molecule has 0 saturated heterocycles. The first kappa shape index (κ1) is 20.7. The lowest BCUT2D eigenvalue weighted by Crippen LogP contribution is -2.11. The number of hydrogen-bond acceptors (Lipinski definition) is 4. The minimum Gasteiger partial charge on any atom is -0.493 e. The number of hydrogen-bond donors (Lipinski definition) is 1. The number of aromatic carboxylic acids is 1. The molecule has 5 nitrogen and oxygen atoms in total. The van der Waals surface area contributed by atoms with Crippen molar-refractivity contribution in [3.05, 3.63) is 89.2 Å². The standard InChI is InChI=1S/C26H25NO4/c1-30-24-11-10-21(17-25(24)31-22-4-2-3-5-22)23(16-18-12-14-27-15-13-18)19-6-8-20(9-7-19)26(28)29/h6-17,22H,2-5H2,1H3,(H,28,29). The molecule has 0 amide bonds. The number of aromatic nitrogens is 1. The van der Waals surface area contributed by atoms with Gasteiger partial charge < -0.3 is 14.6 Å². The molecule has 0 spiro atoms. The summed E-state index contributed by atoms with van der Waals surface area (Å²) < 4.78 is 11.8. The van der Waals surface area contributed by atoms with Gasteiger partial charge in [-0.25, -0.2) is 4.79 Å². The van der Waals surface area contributed by atoms with E-state index in [1.54, 1.807) is 31.6 Å². The van der Waals surface area contributed by atoms with Crippen molar-refractivity contribution in [2.75, 3.05) is 7.11 Å². The summed E-state index contributed by atoms with van der Waals surface area (Å²) in [7, 11) is 1.65. The van der Waals surface area contributed by atoms with E-state index in [0.29, 0.717) is 5.75 Å². The zero-order valence-corrected chi connectivity index (χ0v) is 17.5. The molecule has 1 aromatic heterocycles. The van der Waals surface area contributed by atoms with Crippen molar-refractivity contribution in [3.63, 3.8) is 0 Å². The van der Waals surface area contributed by atoms with Crippen LogP contribution in [0.5, 0.6) is 11.5 Å². The number of pyridine rings is 1. The minimum absolute atomic E-state index is 0.214. The lowest BCUT2D eigenvalue weighted by atomic mass is 9.94. The van der Waals surface area contributed by atoms with Crippen LogP contribution in [-0.2, 0) is 0 Å². The highest BCUT2D eigenvalue weighted by molar-refractivity contribution is 5.93. The van der Waals surface area contributed by atoms with Crippen molar-refractivity contribution in [1.82, 2.24) is 4.98 Å². The topological polar surface area (TPSA) is 68.7 Å². The second kappa shape index (κ2) is 9.47. The van der Waals surface area contributed by atoms with E-state index in [1.807, 2.05) is 42.5 Å². The summed E-state index contributed by atoms with van der Waals surface area (Å²) in [6, 6.07) is 16.7. The fourth-order valence-electron chi connectivity index (χ4n) is 3.87. The molecule has 1 fully saturated rings. The molecule has 3 aromatic rings. The molecule has 31 heavy (non-hydrogen) atoms. The molecule has 1 heterocycles. The van der Waals surface area contributed by atoms with Crippen LogP contribution in [0.1, 0.15) is 52.7 Å². The predicted octanol–water partition coefficient (Wildman–Crippen LogP) is 5.70. The van der Waals surface area contributed by atoms with Crippen molar-refractivity contribution < 1.29 is 19.4 Å². The van der Waals surface area contributed by atoms with Gasteiger partial charge in [0.05, 0.1) is 18.8 Å². The first-order valence-corrected chi connectivity index (χ1v) is 10.4. The van der Waals surface area contributed by atoms with Gasteiger partial charge >= 0.3 is 5.97 Å². The van der Waals surface area contributed by atoms with Gasteiger partial charge in [-0.15, -0.1) is 0 Å². The first-order chi connectivity index (χ1) is 15.1. The minimum atomic E-state index is -0.942. The van der Waals surface area contributed by atoms with Crippen molar-refractivity contribution in [3.8, 4) is 11.5 Å². The Balaban J connectivity index is 1.77. The van der Waals surface area contributed by atoms with Crippen molar-refractivity contribution in [2.45, 2.75) is 31.8 Å². The molecule has 1 aliphatic carbocycles. The molecule has 4 rings (SSSR count). The molecular weight excluding hydrogens is 390 g/mol. The largest absolute Gasteiger partial charge is 0.493 e. The molecule has 0 atom stereocenters. The zero-order chi connectivity index (χ0) is 21.6. The van der Waals surface area contributed by atoms with Crippen LogP contribution in [0.25, 0.3) is 11.6 Å². The summed E-state index contributed by atoms with van der Waals surface area (Å²) in [5.74, 6) is 0.498. The Kier molecular flexibility index (Phi) is 6.32. The summed E-state index contributed by atoms with van der Waals surface area (Å²) in [6.07, 6.45) is 10.3. The molecule has 0 radical (unpaired) electrons. The Labute approximate surface area is 182 Å². The van der Waals surface area contributed by atoms with Gasteiger partial charge in [0.1, 0.15) is 0 Å². The van der Waals surface area contributed by atoms with E-state index >= 15 is 0 Å². The van der Waals surface area contributed by atoms with Gasteiger partial charge in [-0.2, -0.15) is 0 Å². The third-order valence-corrected chi connectivity index (χ3v) is 5.53. The molecular formula is C26H25NO4. The SMILES string of the molecule is COc1ccc(C(=Cc2ccncc2)c2ccc(C(=O)O)cc2)cc1OC1CCCC1. The molecule has 1 saturated carbocycles. The number of carboxylic acids is 1. The maximum atomic E-state index is 11.3. The lowest BCUT2D eigenvalue weighted by Gasteiger charge is -2.18. The third kappa shape index (κ3) is 4.94. The number of ether oxygens (including phenoxy) is 2. The predicted molar refractivity (Wildman–Crippen MR) is 120 cm³/mol. The summed E-state index contributed by atoms with van der Waals surface area (Å²) >= 11 is 0. The normalized spacial score (nSPS) is 14.4. The summed E-state index contributed by atoms with van der Waals surface area (Å²) in [5, 5.41) is 9.24. The second-order valence-corrected chi connectivity index (χ2v) is 7.61. The van der Waals surface area contributed by atoms with E-state index in [2.05, 4.69) is 11.1 Å². The fraction of sp³-hybridized carbons (Fsp3) is 0.231. The van der Waals surface area contributed by atoms with E-state index in [-0.39, 0.29) is 11.7 Å². The van der Waals surface area contributed by atoms with Crippen molar-refractivity contribution in [1.29, 1.82) is 0 Å². The number of carboxylic acid groups (broad SMARTS) is 1. The molecule has 158 valence electrons. The Morgan fingerprint density at radius 1 is 0.935 bits per heavy atom. The quantitative estimate of drug-likeness (QED) is 0.536. The van der Waals surface area contributed by atoms with Gasteiger partial charge in [0.2, 0.25) is 0 Å². The van der Waals surface area contributed by atoms with E-state index in [1.165, 1.54) is 12.8 Å². The maximum Gasteiger partial charge on any atom is 0.335 e. The Morgan fingerprint density at radius 3 is 2.23 bits per heavy atom. The van der Waals surface area contributed by atoms with E-state index < -0.39 is 5.97 Å². The smallest absolute Gasteiger partial charge is 0.335 e. The van der Waals surface area contributed by atoms with Crippen LogP contribution in [0.3, 0.4) is 0 Å². The summed E-state index contributed by atoms with van der Waals surface area (Å²) in [6.45, 7) is 0. The molecule has 2 aromatic carbocycles. The summed E-state index contributed by atoms with van der Waals surface area (Å²) in [4.78, 5) is 15.4. The average Bonchev–Trinajstić information content (AvgIpc) is 3.31. The molecule has 0 unspecified atom stereocenters. The molecule has 1 N–H and O–H groups in total. The van der Waals surface area contributed by atoms with Gasteiger partial charge in [0.15, 0.2) is 11.5 Å². The van der Waals surface area contributed by atoms with Gasteiger partial charge in [-0.3, -0.25) is 4.98 Å². The fourth-order valence-corrected chi connectivity index (χ4v) is 3.87. The third-order valence-electron chi connectivity index (χ3n) is 5.53. The Bertz CT molecular complexity index is 1070. The number of nitrogens with zero attached hydrogens (tertiary/aromatic N) is 1. The number of rotatable bonds is 7. The van der Waals surface area contributed by atoms with Gasteiger partial charge in [0.25, 0.3) is 0 Å². The highest BCUT2D eigenvalue weighted by Crippen LogP contribution is 2.36.